The van der Waals surface area contributed by atoms with Gasteiger partial charge in [-0.1, -0.05) is 6.08 Å². The summed E-state index contributed by atoms with van der Waals surface area (Å²) >= 11 is 1.78. The van der Waals surface area contributed by atoms with Gasteiger partial charge in [0.05, 0.1) is 5.70 Å². The molecule has 11 heavy (non-hydrogen) atoms. The van der Waals surface area contributed by atoms with Crippen molar-refractivity contribution in [1.29, 1.82) is 0 Å². The second kappa shape index (κ2) is 2.81. The quantitative estimate of drug-likeness (QED) is 0.613. The van der Waals surface area contributed by atoms with Crippen LogP contribution in [-0.2, 0) is 0 Å². The molecule has 1 unspecified atom stereocenters. The molecule has 0 spiro atoms. The summed E-state index contributed by atoms with van der Waals surface area (Å²) in [5, 5.41) is 6.72. The summed E-state index contributed by atoms with van der Waals surface area (Å²) in [6.07, 6.45) is 9.65. The summed E-state index contributed by atoms with van der Waals surface area (Å²) in [6.45, 7) is 0. The van der Waals surface area contributed by atoms with Gasteiger partial charge < -0.3 is 10.6 Å². The van der Waals surface area contributed by atoms with Crippen LogP contribution in [0.3, 0.4) is 0 Å². The van der Waals surface area contributed by atoms with E-state index in [1.54, 1.807) is 11.8 Å². The number of hydrogen-bond donors (Lipinski definition) is 2. The molecule has 2 nitrogen and oxygen atoms in total. The van der Waals surface area contributed by atoms with Crippen molar-refractivity contribution in [1.82, 2.24) is 10.6 Å². The van der Waals surface area contributed by atoms with Gasteiger partial charge >= 0.3 is 0 Å². The smallest absolute Gasteiger partial charge is 0.145 e. The Morgan fingerprint density at radius 2 is 2.27 bits per heavy atom. The van der Waals surface area contributed by atoms with E-state index < -0.39 is 0 Å². The highest BCUT2D eigenvalue weighted by Gasteiger charge is 2.20. The van der Waals surface area contributed by atoms with Crippen molar-refractivity contribution in [3.63, 3.8) is 0 Å². The highest BCUT2D eigenvalue weighted by atomic mass is 32.2. The van der Waals surface area contributed by atoms with E-state index >= 15 is 0 Å². The maximum Gasteiger partial charge on any atom is 0.145 e. The Hall–Kier alpha value is -0.570. The molecule has 2 N–H and O–H groups in total. The zero-order valence-corrected chi connectivity index (χ0v) is 7.24. The summed E-state index contributed by atoms with van der Waals surface area (Å²) in [5.74, 6) is 0. The molecule has 1 atom stereocenters. The zero-order valence-electron chi connectivity index (χ0n) is 6.42. The Bertz CT molecular complexity index is 220. The maximum absolute atomic E-state index is 3.37. The van der Waals surface area contributed by atoms with Crippen LogP contribution < -0.4 is 10.6 Å². The van der Waals surface area contributed by atoms with Crippen LogP contribution in [0.25, 0.3) is 0 Å². The van der Waals surface area contributed by atoms with Gasteiger partial charge in [-0.05, 0) is 18.8 Å². The van der Waals surface area contributed by atoms with Crippen LogP contribution in [0.4, 0.5) is 0 Å². The van der Waals surface area contributed by atoms with E-state index in [2.05, 4.69) is 35.5 Å². The predicted octanol–water partition coefficient (Wildman–Crippen LogP) is 1.20. The lowest BCUT2D eigenvalue weighted by Crippen LogP contribution is -2.28. The Labute approximate surface area is 71.1 Å². The maximum atomic E-state index is 3.37. The van der Waals surface area contributed by atoms with Gasteiger partial charge in [0.15, 0.2) is 0 Å². The molecular weight excluding hydrogens is 156 g/mol. The van der Waals surface area contributed by atoms with Gasteiger partial charge in [0.25, 0.3) is 0 Å². The molecule has 1 aliphatic heterocycles. The highest BCUT2D eigenvalue weighted by molar-refractivity contribution is 7.99. The molecule has 0 saturated carbocycles. The van der Waals surface area contributed by atoms with Gasteiger partial charge in [0, 0.05) is 12.1 Å². The van der Waals surface area contributed by atoms with Crippen LogP contribution in [0.1, 0.15) is 6.42 Å². The minimum atomic E-state index is 0.360. The number of thioether (sulfide) groups is 1. The average molecular weight is 167 g/mol. The second-order valence-corrected chi connectivity index (χ2v) is 3.52. The highest BCUT2D eigenvalue weighted by Crippen LogP contribution is 2.21. The van der Waals surface area contributed by atoms with Crippen LogP contribution in [0, 0.1) is 6.42 Å². The molecule has 2 rings (SSSR count). The second-order valence-electron chi connectivity index (χ2n) is 2.57. The van der Waals surface area contributed by atoms with Crippen molar-refractivity contribution < 1.29 is 0 Å². The van der Waals surface area contributed by atoms with E-state index in [1.165, 1.54) is 11.4 Å². The SMILES string of the molecule is CSC1NC2=C(C=CC[CH]2)N1. The molecule has 2 aliphatic rings. The first-order valence-electron chi connectivity index (χ1n) is 3.70. The number of nitrogens with one attached hydrogen (secondary N) is 2. The van der Waals surface area contributed by atoms with Gasteiger partial charge in [-0.25, -0.2) is 0 Å². The summed E-state index contributed by atoms with van der Waals surface area (Å²) in [5.41, 5.74) is 2.85. The minimum absolute atomic E-state index is 0.360. The van der Waals surface area contributed by atoms with Crippen molar-refractivity contribution >= 4 is 11.8 Å². The molecule has 1 radical (unpaired) electrons. The summed E-state index contributed by atoms with van der Waals surface area (Å²) < 4.78 is 0. The van der Waals surface area contributed by atoms with E-state index in [9.17, 15) is 0 Å². The fourth-order valence-corrected chi connectivity index (χ4v) is 1.76. The first-order valence-corrected chi connectivity index (χ1v) is 4.99. The van der Waals surface area contributed by atoms with Crippen molar-refractivity contribution in [2.75, 3.05) is 6.26 Å². The third-order valence-electron chi connectivity index (χ3n) is 1.84. The average Bonchev–Trinajstić information content (AvgIpc) is 2.46. The molecule has 1 heterocycles. The Morgan fingerprint density at radius 1 is 1.45 bits per heavy atom. The number of allylic oxidation sites excluding steroid dienone is 3. The number of hydrogen-bond acceptors (Lipinski definition) is 3. The Kier molecular flexibility index (Phi) is 1.82. The topological polar surface area (TPSA) is 24.1 Å². The first kappa shape index (κ1) is 7.10. The lowest BCUT2D eigenvalue weighted by Gasteiger charge is -2.08. The van der Waals surface area contributed by atoms with Gasteiger partial charge in [-0.3, -0.25) is 0 Å². The van der Waals surface area contributed by atoms with Gasteiger partial charge in [0.1, 0.15) is 5.50 Å². The Balaban J connectivity index is 2.10. The van der Waals surface area contributed by atoms with Crippen LogP contribution in [-0.4, -0.2) is 11.8 Å². The van der Waals surface area contributed by atoms with Crippen LogP contribution in [0.5, 0.6) is 0 Å². The van der Waals surface area contributed by atoms with Crippen molar-refractivity contribution in [2.24, 2.45) is 0 Å². The molecule has 0 amide bonds. The lowest BCUT2D eigenvalue weighted by atomic mass is 10.1. The summed E-state index contributed by atoms with van der Waals surface area (Å²) in [7, 11) is 0. The summed E-state index contributed by atoms with van der Waals surface area (Å²) in [4.78, 5) is 0. The van der Waals surface area contributed by atoms with Crippen LogP contribution >= 0.6 is 11.8 Å². The standard InChI is InChI=1S/C8H11N2S/c1-11-8-9-6-4-2-3-5-7(6)10-8/h2,4-5,8-10H,3H2,1H3. The normalized spacial score (nSPS) is 27.9. The largest absolute Gasteiger partial charge is 0.358 e. The third-order valence-corrected chi connectivity index (χ3v) is 2.55. The molecule has 0 aromatic carbocycles. The molecule has 0 fully saturated rings. The molecule has 1 aliphatic carbocycles. The van der Waals surface area contributed by atoms with E-state index in [1.807, 2.05) is 0 Å². The van der Waals surface area contributed by atoms with Gasteiger partial charge in [0.2, 0.25) is 0 Å². The fourth-order valence-electron chi connectivity index (χ4n) is 1.27. The van der Waals surface area contributed by atoms with E-state index in [0.29, 0.717) is 5.50 Å². The van der Waals surface area contributed by atoms with Crippen LogP contribution in [0.2, 0.25) is 0 Å². The fraction of sp³-hybridized carbons (Fsp3) is 0.375. The number of rotatable bonds is 1. The molecule has 3 heteroatoms. The lowest BCUT2D eigenvalue weighted by molar-refractivity contribution is 0.748. The molecular formula is C8H11N2S. The van der Waals surface area contributed by atoms with Crippen molar-refractivity contribution in [3.8, 4) is 0 Å². The summed E-state index contributed by atoms with van der Waals surface area (Å²) in [6, 6.07) is 0. The van der Waals surface area contributed by atoms with E-state index in [0.717, 1.165) is 6.42 Å². The van der Waals surface area contributed by atoms with Gasteiger partial charge in [-0.2, -0.15) is 0 Å². The first-order chi connectivity index (χ1) is 5.40. The van der Waals surface area contributed by atoms with Crippen LogP contribution in [0.15, 0.2) is 23.5 Å². The minimum Gasteiger partial charge on any atom is -0.358 e. The third kappa shape index (κ3) is 1.25. The predicted molar refractivity (Wildman–Crippen MR) is 48.7 cm³/mol. The monoisotopic (exact) mass is 167 g/mol. The van der Waals surface area contributed by atoms with Gasteiger partial charge in [-0.15, -0.1) is 11.8 Å². The molecule has 0 aromatic rings. The van der Waals surface area contributed by atoms with Crippen molar-refractivity contribution in [3.05, 3.63) is 30.0 Å². The van der Waals surface area contributed by atoms with Crippen molar-refractivity contribution in [2.45, 2.75) is 11.9 Å². The zero-order chi connectivity index (χ0) is 7.68. The van der Waals surface area contributed by atoms with E-state index in [4.69, 9.17) is 0 Å². The molecule has 59 valence electrons. The van der Waals surface area contributed by atoms with E-state index in [-0.39, 0.29) is 0 Å². The molecule has 0 aromatic heterocycles. The molecule has 0 bridgehead atoms. The Morgan fingerprint density at radius 3 is 3.00 bits per heavy atom. The molecule has 0 saturated heterocycles.